The SMILES string of the molecule is CS(=O)(=O)N1CCc2c(c(-c3ccc(C(F)(F)F)cc3)nc(=O)n2-c2ccc(Cl)cc2)C1. The normalized spacial score (nSPS) is 14.9. The van der Waals surface area contributed by atoms with Crippen LogP contribution in [0, 0.1) is 0 Å². The summed E-state index contributed by atoms with van der Waals surface area (Å²) in [5.41, 5.74) is 0.548. The van der Waals surface area contributed by atoms with Crippen molar-refractivity contribution in [3.63, 3.8) is 0 Å². The Hall–Kier alpha value is -2.69. The first-order valence-electron chi connectivity index (χ1n) is 9.48. The Bertz CT molecular complexity index is 1340. The van der Waals surface area contributed by atoms with Crippen LogP contribution >= 0.6 is 11.6 Å². The monoisotopic (exact) mass is 483 g/mol. The second-order valence-corrected chi connectivity index (χ2v) is 9.82. The van der Waals surface area contributed by atoms with Crippen LogP contribution in [0.15, 0.2) is 53.3 Å². The molecule has 0 aliphatic carbocycles. The van der Waals surface area contributed by atoms with Crippen molar-refractivity contribution in [2.45, 2.75) is 19.1 Å². The number of hydrogen-bond acceptors (Lipinski definition) is 4. The van der Waals surface area contributed by atoms with Crippen LogP contribution in [0.3, 0.4) is 0 Å². The van der Waals surface area contributed by atoms with Gasteiger partial charge >= 0.3 is 11.9 Å². The first kappa shape index (κ1) is 22.5. The van der Waals surface area contributed by atoms with Crippen molar-refractivity contribution in [1.29, 1.82) is 0 Å². The van der Waals surface area contributed by atoms with E-state index < -0.39 is 27.5 Å². The molecule has 0 spiro atoms. The molecule has 1 aromatic heterocycles. The van der Waals surface area contributed by atoms with Gasteiger partial charge in [-0.3, -0.25) is 4.57 Å². The fraction of sp³-hybridized carbons (Fsp3) is 0.238. The molecule has 0 N–H and O–H groups in total. The van der Waals surface area contributed by atoms with Gasteiger partial charge in [-0.2, -0.15) is 22.5 Å². The van der Waals surface area contributed by atoms with E-state index in [-0.39, 0.29) is 25.2 Å². The number of hydrogen-bond donors (Lipinski definition) is 0. The highest BCUT2D eigenvalue weighted by molar-refractivity contribution is 7.88. The van der Waals surface area contributed by atoms with Gasteiger partial charge in [0.2, 0.25) is 10.0 Å². The Labute approximate surface area is 186 Å². The van der Waals surface area contributed by atoms with Crippen molar-refractivity contribution in [3.05, 3.63) is 80.9 Å². The fourth-order valence-electron chi connectivity index (χ4n) is 3.71. The van der Waals surface area contributed by atoms with E-state index in [4.69, 9.17) is 11.6 Å². The number of aromatic nitrogens is 2. The number of benzene rings is 2. The molecule has 0 radical (unpaired) electrons. The summed E-state index contributed by atoms with van der Waals surface area (Å²) in [6.07, 6.45) is -3.19. The summed E-state index contributed by atoms with van der Waals surface area (Å²) < 4.78 is 65.8. The molecule has 0 amide bonds. The summed E-state index contributed by atoms with van der Waals surface area (Å²) in [7, 11) is -3.53. The van der Waals surface area contributed by atoms with Crippen LogP contribution in [0.5, 0.6) is 0 Å². The highest BCUT2D eigenvalue weighted by Crippen LogP contribution is 2.33. The van der Waals surface area contributed by atoms with Gasteiger partial charge in [-0.05, 0) is 36.4 Å². The largest absolute Gasteiger partial charge is 0.416 e. The Morgan fingerprint density at radius 3 is 2.22 bits per heavy atom. The number of nitrogens with zero attached hydrogens (tertiary/aromatic N) is 3. The van der Waals surface area contributed by atoms with E-state index in [2.05, 4.69) is 4.98 Å². The lowest BCUT2D eigenvalue weighted by molar-refractivity contribution is -0.137. The first-order chi connectivity index (χ1) is 14.9. The maximum Gasteiger partial charge on any atom is 0.416 e. The molecule has 6 nitrogen and oxygen atoms in total. The highest BCUT2D eigenvalue weighted by Gasteiger charge is 2.32. The van der Waals surface area contributed by atoms with E-state index >= 15 is 0 Å². The van der Waals surface area contributed by atoms with Gasteiger partial charge in [0.25, 0.3) is 0 Å². The van der Waals surface area contributed by atoms with E-state index in [1.165, 1.54) is 21.0 Å². The van der Waals surface area contributed by atoms with E-state index in [0.717, 1.165) is 18.4 Å². The number of sulfonamides is 1. The highest BCUT2D eigenvalue weighted by atomic mass is 35.5. The molecule has 2 heterocycles. The average Bonchev–Trinajstić information content (AvgIpc) is 2.72. The van der Waals surface area contributed by atoms with E-state index in [1.54, 1.807) is 24.3 Å². The molecule has 0 fully saturated rings. The third-order valence-electron chi connectivity index (χ3n) is 5.27. The Balaban J connectivity index is 1.92. The predicted molar refractivity (Wildman–Crippen MR) is 114 cm³/mol. The van der Waals surface area contributed by atoms with Crippen LogP contribution in [0.2, 0.25) is 5.02 Å². The van der Waals surface area contributed by atoms with Crippen molar-refractivity contribution >= 4 is 21.6 Å². The maximum absolute atomic E-state index is 13.0. The molecule has 0 atom stereocenters. The number of halogens is 4. The number of rotatable bonds is 3. The van der Waals surface area contributed by atoms with Crippen LogP contribution in [0.1, 0.15) is 16.8 Å². The molecule has 2 aromatic carbocycles. The Morgan fingerprint density at radius 2 is 1.66 bits per heavy atom. The molecule has 32 heavy (non-hydrogen) atoms. The molecular weight excluding hydrogens is 467 g/mol. The zero-order valence-electron chi connectivity index (χ0n) is 16.7. The Kier molecular flexibility index (Phi) is 5.64. The summed E-state index contributed by atoms with van der Waals surface area (Å²) in [6, 6.07) is 10.8. The second kappa shape index (κ2) is 8.02. The van der Waals surface area contributed by atoms with Crippen LogP contribution in [-0.4, -0.2) is 35.1 Å². The van der Waals surface area contributed by atoms with E-state index in [0.29, 0.717) is 27.5 Å². The lowest BCUT2D eigenvalue weighted by atomic mass is 9.99. The molecule has 0 saturated heterocycles. The summed E-state index contributed by atoms with van der Waals surface area (Å²) in [5, 5.41) is 0.480. The Morgan fingerprint density at radius 1 is 1.03 bits per heavy atom. The number of fused-ring (bicyclic) bond motifs is 1. The minimum Gasteiger partial charge on any atom is -0.265 e. The fourth-order valence-corrected chi connectivity index (χ4v) is 4.62. The third-order valence-corrected chi connectivity index (χ3v) is 6.78. The van der Waals surface area contributed by atoms with Gasteiger partial charge in [0.1, 0.15) is 0 Å². The van der Waals surface area contributed by atoms with Gasteiger partial charge in [0, 0.05) is 41.4 Å². The maximum atomic E-state index is 13.0. The molecule has 0 bridgehead atoms. The molecule has 3 aromatic rings. The molecule has 0 unspecified atom stereocenters. The molecule has 1 aliphatic heterocycles. The van der Waals surface area contributed by atoms with Crippen molar-refractivity contribution < 1.29 is 21.6 Å². The molecule has 168 valence electrons. The second-order valence-electron chi connectivity index (χ2n) is 7.40. The van der Waals surface area contributed by atoms with Crippen molar-refractivity contribution in [3.8, 4) is 16.9 Å². The van der Waals surface area contributed by atoms with Crippen LogP contribution < -0.4 is 5.69 Å². The topological polar surface area (TPSA) is 72.3 Å². The van der Waals surface area contributed by atoms with E-state index in [9.17, 15) is 26.4 Å². The quantitative estimate of drug-likeness (QED) is 0.566. The molecule has 4 rings (SSSR count). The summed E-state index contributed by atoms with van der Waals surface area (Å²) in [4.78, 5) is 17.1. The van der Waals surface area contributed by atoms with Gasteiger partial charge in [0.15, 0.2) is 0 Å². The van der Waals surface area contributed by atoms with Gasteiger partial charge < -0.3 is 0 Å². The van der Waals surface area contributed by atoms with Crippen molar-refractivity contribution in [2.24, 2.45) is 0 Å². The van der Waals surface area contributed by atoms with Gasteiger partial charge in [-0.15, -0.1) is 0 Å². The molecule has 0 saturated carbocycles. The van der Waals surface area contributed by atoms with Crippen molar-refractivity contribution in [2.75, 3.05) is 12.8 Å². The average molecular weight is 484 g/mol. The van der Waals surface area contributed by atoms with Gasteiger partial charge in [-0.1, -0.05) is 23.7 Å². The van der Waals surface area contributed by atoms with E-state index in [1.807, 2.05) is 0 Å². The first-order valence-corrected chi connectivity index (χ1v) is 11.7. The molecular formula is C21H17ClF3N3O3S. The third kappa shape index (κ3) is 4.30. The molecule has 11 heteroatoms. The van der Waals surface area contributed by atoms with Gasteiger partial charge in [0.05, 0.1) is 23.2 Å². The summed E-state index contributed by atoms with van der Waals surface area (Å²) in [5.74, 6) is 0. The standard InChI is InChI=1S/C21H17ClF3N3O3S/c1-32(30,31)27-11-10-18-17(12-27)19(13-2-4-14(5-3-13)21(23,24)25)26-20(29)28(18)16-8-6-15(22)7-9-16/h2-9H,10-12H2,1H3. The van der Waals surface area contributed by atoms with Crippen LogP contribution in [0.25, 0.3) is 16.9 Å². The van der Waals surface area contributed by atoms with Gasteiger partial charge in [-0.25, -0.2) is 13.2 Å². The minimum atomic E-state index is -4.50. The summed E-state index contributed by atoms with van der Waals surface area (Å²) in [6.45, 7) is 0.112. The molecule has 1 aliphatic rings. The predicted octanol–water partition coefficient (Wildman–Crippen LogP) is 3.89. The lowest BCUT2D eigenvalue weighted by Gasteiger charge is -2.30. The van der Waals surface area contributed by atoms with Crippen LogP contribution in [-0.2, 0) is 29.2 Å². The minimum absolute atomic E-state index is 0.0502. The smallest absolute Gasteiger partial charge is 0.265 e. The van der Waals surface area contributed by atoms with Crippen LogP contribution in [0.4, 0.5) is 13.2 Å². The van der Waals surface area contributed by atoms with Crippen molar-refractivity contribution in [1.82, 2.24) is 13.9 Å². The zero-order chi connectivity index (χ0) is 23.3. The summed E-state index contributed by atoms with van der Waals surface area (Å²) >= 11 is 5.95. The lowest BCUT2D eigenvalue weighted by Crippen LogP contribution is -2.39. The zero-order valence-corrected chi connectivity index (χ0v) is 18.3. The number of alkyl halides is 3.